The van der Waals surface area contributed by atoms with Gasteiger partial charge in [0, 0.05) is 12.6 Å². The molecule has 1 aliphatic rings. The largest absolute Gasteiger partial charge is 0.300 e. The third-order valence-electron chi connectivity index (χ3n) is 3.83. The van der Waals surface area contributed by atoms with Crippen LogP contribution >= 0.6 is 12.6 Å². The third-order valence-corrected chi connectivity index (χ3v) is 4.35. The highest BCUT2D eigenvalue weighted by atomic mass is 32.1. The molecule has 84 valence electrons. The summed E-state index contributed by atoms with van der Waals surface area (Å²) in [7, 11) is 0. The second kappa shape index (κ2) is 6.02. The average molecular weight is 215 g/mol. The Hall–Kier alpha value is 0.310. The number of nitrogens with zero attached hydrogens (tertiary/aromatic N) is 1. The van der Waals surface area contributed by atoms with Crippen LogP contribution in [0, 0.1) is 11.8 Å². The number of hydrogen-bond acceptors (Lipinski definition) is 2. The molecule has 3 atom stereocenters. The van der Waals surface area contributed by atoms with Crippen molar-refractivity contribution in [1.29, 1.82) is 0 Å². The van der Waals surface area contributed by atoms with Crippen LogP contribution in [-0.2, 0) is 0 Å². The van der Waals surface area contributed by atoms with Crippen LogP contribution in [-0.4, -0.2) is 29.8 Å². The van der Waals surface area contributed by atoms with Gasteiger partial charge in [-0.1, -0.05) is 20.3 Å². The summed E-state index contributed by atoms with van der Waals surface area (Å²) in [4.78, 5) is 2.67. The monoisotopic (exact) mass is 215 g/mol. The predicted octanol–water partition coefficient (Wildman–Crippen LogP) is 3.06. The average Bonchev–Trinajstić information content (AvgIpc) is 2.20. The van der Waals surface area contributed by atoms with E-state index in [0.717, 1.165) is 23.6 Å². The summed E-state index contributed by atoms with van der Waals surface area (Å²) in [6, 6.07) is 0.776. The van der Waals surface area contributed by atoms with Gasteiger partial charge in [-0.2, -0.15) is 12.6 Å². The smallest absolute Gasteiger partial charge is 0.00926 e. The maximum absolute atomic E-state index is 4.42. The first-order valence-corrected chi connectivity index (χ1v) is 6.67. The van der Waals surface area contributed by atoms with Gasteiger partial charge in [0.2, 0.25) is 0 Å². The summed E-state index contributed by atoms with van der Waals surface area (Å²) in [5, 5.41) is 0. The van der Waals surface area contributed by atoms with Gasteiger partial charge in [0.1, 0.15) is 0 Å². The Morgan fingerprint density at radius 1 is 1.43 bits per heavy atom. The van der Waals surface area contributed by atoms with Gasteiger partial charge < -0.3 is 4.90 Å². The highest BCUT2D eigenvalue weighted by Gasteiger charge is 2.25. The third kappa shape index (κ3) is 3.16. The molecule has 1 fully saturated rings. The van der Waals surface area contributed by atoms with Crippen molar-refractivity contribution in [1.82, 2.24) is 4.90 Å². The molecule has 0 bridgehead atoms. The van der Waals surface area contributed by atoms with E-state index in [0.29, 0.717) is 0 Å². The lowest BCUT2D eigenvalue weighted by Crippen LogP contribution is -2.44. The maximum Gasteiger partial charge on any atom is 0.00926 e. The second-order valence-electron chi connectivity index (χ2n) is 4.81. The minimum Gasteiger partial charge on any atom is -0.300 e. The van der Waals surface area contributed by atoms with Crippen molar-refractivity contribution in [2.45, 2.75) is 46.1 Å². The molecule has 1 heterocycles. The molecule has 3 unspecified atom stereocenters. The van der Waals surface area contributed by atoms with Crippen LogP contribution in [0.4, 0.5) is 0 Å². The summed E-state index contributed by atoms with van der Waals surface area (Å²) >= 11 is 4.42. The Morgan fingerprint density at radius 3 is 2.71 bits per heavy atom. The molecule has 0 spiro atoms. The Morgan fingerprint density at radius 2 is 2.14 bits per heavy atom. The normalized spacial score (nSPS) is 31.7. The van der Waals surface area contributed by atoms with Gasteiger partial charge >= 0.3 is 0 Å². The predicted molar refractivity (Wildman–Crippen MR) is 67.1 cm³/mol. The summed E-state index contributed by atoms with van der Waals surface area (Å²) in [5.74, 6) is 2.70. The highest BCUT2D eigenvalue weighted by molar-refractivity contribution is 7.80. The Kier molecular flexibility index (Phi) is 5.32. The molecule has 0 aliphatic carbocycles. The lowest BCUT2D eigenvalue weighted by atomic mass is 9.91. The van der Waals surface area contributed by atoms with E-state index in [1.807, 2.05) is 0 Å². The molecule has 1 aliphatic heterocycles. The first-order chi connectivity index (χ1) is 6.69. The Labute approximate surface area is 94.7 Å². The zero-order valence-corrected chi connectivity index (χ0v) is 10.8. The fourth-order valence-corrected chi connectivity index (χ4v) is 2.70. The zero-order chi connectivity index (χ0) is 10.6. The highest BCUT2D eigenvalue weighted by Crippen LogP contribution is 2.24. The molecule has 0 saturated carbocycles. The molecule has 0 N–H and O–H groups in total. The van der Waals surface area contributed by atoms with Crippen molar-refractivity contribution in [2.24, 2.45) is 11.8 Å². The van der Waals surface area contributed by atoms with Crippen LogP contribution in [0.15, 0.2) is 0 Å². The van der Waals surface area contributed by atoms with Crippen LogP contribution in [0.5, 0.6) is 0 Å². The molecule has 1 nitrogen and oxygen atoms in total. The standard InChI is InChI=1S/C12H25NS/c1-4-12(9-14)8-13-7-5-6-10(2)11(13)3/h10-12,14H,4-9H2,1-3H3. The number of thiol groups is 1. The molecule has 0 amide bonds. The molecule has 0 aromatic heterocycles. The van der Waals surface area contributed by atoms with Crippen LogP contribution < -0.4 is 0 Å². The SMILES string of the molecule is CCC(CS)CN1CCCC(C)C1C. The van der Waals surface area contributed by atoms with Gasteiger partial charge in [-0.3, -0.25) is 0 Å². The summed E-state index contributed by atoms with van der Waals surface area (Å²) in [6.45, 7) is 9.60. The van der Waals surface area contributed by atoms with Gasteiger partial charge in [0.05, 0.1) is 0 Å². The molecule has 0 aromatic carbocycles. The molecular formula is C12H25NS. The molecule has 1 rings (SSSR count). The van der Waals surface area contributed by atoms with Crippen molar-refractivity contribution in [3.63, 3.8) is 0 Å². The number of piperidine rings is 1. The Balaban J connectivity index is 2.41. The van der Waals surface area contributed by atoms with Crippen molar-refractivity contribution < 1.29 is 0 Å². The van der Waals surface area contributed by atoms with Gasteiger partial charge in [-0.15, -0.1) is 0 Å². The molecule has 2 heteroatoms. The lowest BCUT2D eigenvalue weighted by molar-refractivity contribution is 0.0982. The van der Waals surface area contributed by atoms with Crippen LogP contribution in [0.2, 0.25) is 0 Å². The van der Waals surface area contributed by atoms with E-state index in [9.17, 15) is 0 Å². The molecular weight excluding hydrogens is 190 g/mol. The van der Waals surface area contributed by atoms with Gasteiger partial charge in [-0.05, 0) is 43.9 Å². The minimum atomic E-state index is 0.776. The maximum atomic E-state index is 4.42. The summed E-state index contributed by atoms with van der Waals surface area (Å²) in [5.41, 5.74) is 0. The van der Waals surface area contributed by atoms with Crippen LogP contribution in [0.25, 0.3) is 0 Å². The number of rotatable bonds is 4. The van der Waals surface area contributed by atoms with Gasteiger partial charge in [-0.25, -0.2) is 0 Å². The van der Waals surface area contributed by atoms with E-state index in [4.69, 9.17) is 0 Å². The van der Waals surface area contributed by atoms with E-state index in [2.05, 4.69) is 38.3 Å². The summed E-state index contributed by atoms with van der Waals surface area (Å²) in [6.07, 6.45) is 4.06. The second-order valence-corrected chi connectivity index (χ2v) is 5.18. The number of hydrogen-bond donors (Lipinski definition) is 1. The molecule has 14 heavy (non-hydrogen) atoms. The van der Waals surface area contributed by atoms with E-state index >= 15 is 0 Å². The first-order valence-electron chi connectivity index (χ1n) is 6.04. The molecule has 1 saturated heterocycles. The Bertz CT molecular complexity index is 156. The van der Waals surface area contributed by atoms with Crippen LogP contribution in [0.3, 0.4) is 0 Å². The fourth-order valence-electron chi connectivity index (χ4n) is 2.33. The topological polar surface area (TPSA) is 3.24 Å². The van der Waals surface area contributed by atoms with E-state index in [1.54, 1.807) is 0 Å². The van der Waals surface area contributed by atoms with Crippen LogP contribution in [0.1, 0.15) is 40.0 Å². The van der Waals surface area contributed by atoms with Crippen molar-refractivity contribution in [3.8, 4) is 0 Å². The van der Waals surface area contributed by atoms with E-state index < -0.39 is 0 Å². The van der Waals surface area contributed by atoms with E-state index in [1.165, 1.54) is 32.4 Å². The van der Waals surface area contributed by atoms with Gasteiger partial charge in [0.15, 0.2) is 0 Å². The van der Waals surface area contributed by atoms with Gasteiger partial charge in [0.25, 0.3) is 0 Å². The quantitative estimate of drug-likeness (QED) is 0.705. The minimum absolute atomic E-state index is 0.776. The lowest BCUT2D eigenvalue weighted by Gasteiger charge is -2.39. The summed E-state index contributed by atoms with van der Waals surface area (Å²) < 4.78 is 0. The molecule has 0 aromatic rings. The van der Waals surface area contributed by atoms with Crippen molar-refractivity contribution in [3.05, 3.63) is 0 Å². The van der Waals surface area contributed by atoms with Crippen molar-refractivity contribution >= 4 is 12.6 Å². The zero-order valence-electron chi connectivity index (χ0n) is 9.87. The fraction of sp³-hybridized carbons (Fsp3) is 1.00. The van der Waals surface area contributed by atoms with Crippen molar-refractivity contribution in [2.75, 3.05) is 18.8 Å². The van der Waals surface area contributed by atoms with E-state index in [-0.39, 0.29) is 0 Å². The molecule has 0 radical (unpaired) electrons. The number of likely N-dealkylation sites (tertiary alicyclic amines) is 1. The first kappa shape index (κ1) is 12.4.